The Kier molecular flexibility index (Phi) is 6.52. The Morgan fingerprint density at radius 3 is 2.79 bits per heavy atom. The van der Waals surface area contributed by atoms with Gasteiger partial charge in [0.25, 0.3) is 0 Å². The van der Waals surface area contributed by atoms with Gasteiger partial charge in [-0.2, -0.15) is 0 Å². The second-order valence-electron chi connectivity index (χ2n) is 6.86. The first-order valence-electron chi connectivity index (χ1n) is 9.54. The molecule has 0 radical (unpaired) electrons. The Hall–Kier alpha value is -2.60. The number of hydrogen-bond acceptors (Lipinski definition) is 4. The summed E-state index contributed by atoms with van der Waals surface area (Å²) in [5, 5.41) is 7.26. The molecule has 0 aliphatic heterocycles. The van der Waals surface area contributed by atoms with Crippen molar-refractivity contribution in [3.05, 3.63) is 58.7 Å². The predicted octanol–water partition coefficient (Wildman–Crippen LogP) is 4.54. The van der Waals surface area contributed by atoms with Crippen molar-refractivity contribution in [1.29, 1.82) is 0 Å². The van der Waals surface area contributed by atoms with E-state index in [2.05, 4.69) is 22.8 Å². The van der Waals surface area contributed by atoms with Gasteiger partial charge in [-0.05, 0) is 92.4 Å². The highest BCUT2D eigenvalue weighted by atomic mass is 32.1. The van der Waals surface area contributed by atoms with Gasteiger partial charge in [0.15, 0.2) is 5.11 Å². The lowest BCUT2D eigenvalue weighted by Gasteiger charge is -2.28. The summed E-state index contributed by atoms with van der Waals surface area (Å²) >= 11 is 5.54. The Morgan fingerprint density at radius 1 is 1.25 bits per heavy atom. The summed E-state index contributed by atoms with van der Waals surface area (Å²) in [7, 11) is 1.69. The molecule has 0 amide bonds. The average Bonchev–Trinajstić information content (AvgIpc) is 2.69. The van der Waals surface area contributed by atoms with Crippen LogP contribution in [0, 0.1) is 6.92 Å². The number of rotatable bonds is 5. The molecule has 1 aliphatic carbocycles. The molecule has 2 aromatic rings. The minimum atomic E-state index is -0.313. The number of carbonyl (C=O) groups is 1. The number of aryl methyl sites for hydroxylation is 2. The quantitative estimate of drug-likeness (QED) is 0.569. The fraction of sp³-hybridized carbons (Fsp3) is 0.364. The first-order chi connectivity index (χ1) is 13.5. The van der Waals surface area contributed by atoms with Crippen molar-refractivity contribution in [2.24, 2.45) is 0 Å². The van der Waals surface area contributed by atoms with Gasteiger partial charge in [0.2, 0.25) is 0 Å². The second-order valence-corrected chi connectivity index (χ2v) is 7.27. The van der Waals surface area contributed by atoms with Crippen LogP contribution >= 0.6 is 12.2 Å². The van der Waals surface area contributed by atoms with E-state index in [1.54, 1.807) is 20.1 Å². The molecule has 28 heavy (non-hydrogen) atoms. The zero-order chi connectivity index (χ0) is 20.1. The normalized spacial score (nSPS) is 15.3. The first kappa shape index (κ1) is 20.1. The van der Waals surface area contributed by atoms with Gasteiger partial charge in [0.05, 0.1) is 25.3 Å². The lowest BCUT2D eigenvalue weighted by molar-refractivity contribution is 0.0526. The van der Waals surface area contributed by atoms with Gasteiger partial charge in [-0.3, -0.25) is 0 Å². The number of ether oxygens (including phenoxy) is 2. The Morgan fingerprint density at radius 2 is 2.07 bits per heavy atom. The Bertz CT molecular complexity index is 882. The fourth-order valence-electron chi connectivity index (χ4n) is 3.53. The Balaban J connectivity index is 1.68. The lowest BCUT2D eigenvalue weighted by atomic mass is 9.87. The summed E-state index contributed by atoms with van der Waals surface area (Å²) in [4.78, 5) is 11.9. The van der Waals surface area contributed by atoms with Crippen LogP contribution in [0.2, 0.25) is 0 Å². The highest BCUT2D eigenvalue weighted by molar-refractivity contribution is 7.80. The molecule has 0 saturated carbocycles. The molecule has 3 rings (SSSR count). The molecule has 148 valence electrons. The topological polar surface area (TPSA) is 59.6 Å². The summed E-state index contributed by atoms with van der Waals surface area (Å²) in [6.07, 6.45) is 3.19. The van der Waals surface area contributed by atoms with Gasteiger partial charge >= 0.3 is 5.97 Å². The van der Waals surface area contributed by atoms with Crippen molar-refractivity contribution in [1.82, 2.24) is 5.32 Å². The van der Waals surface area contributed by atoms with Crippen molar-refractivity contribution in [2.45, 2.75) is 39.2 Å². The molecule has 0 fully saturated rings. The summed E-state index contributed by atoms with van der Waals surface area (Å²) in [6.45, 7) is 4.10. The number of hydrogen-bond donors (Lipinski definition) is 2. The third-order valence-electron chi connectivity index (χ3n) is 4.96. The number of nitrogens with one attached hydrogen (secondary N) is 2. The standard InChI is InChI=1S/C22H26N2O3S/c1-4-27-21(25)16-8-11-19(14(2)12-16)23-22(28)24-20-7-5-6-15-13-17(26-3)9-10-18(15)20/h8-13,20H,4-7H2,1-3H3,(H2,23,24,28). The van der Waals surface area contributed by atoms with E-state index >= 15 is 0 Å². The minimum Gasteiger partial charge on any atom is -0.497 e. The van der Waals surface area contributed by atoms with Crippen LogP contribution in [0.15, 0.2) is 36.4 Å². The van der Waals surface area contributed by atoms with Crippen LogP contribution in [-0.4, -0.2) is 24.8 Å². The van der Waals surface area contributed by atoms with Gasteiger partial charge in [0, 0.05) is 5.69 Å². The highest BCUT2D eigenvalue weighted by Crippen LogP contribution is 2.32. The smallest absolute Gasteiger partial charge is 0.338 e. The van der Waals surface area contributed by atoms with Crippen LogP contribution in [0.25, 0.3) is 0 Å². The number of anilines is 1. The molecule has 0 spiro atoms. The van der Waals surface area contributed by atoms with Crippen molar-refractivity contribution < 1.29 is 14.3 Å². The van der Waals surface area contributed by atoms with Crippen molar-refractivity contribution in [3.8, 4) is 5.75 Å². The summed E-state index contributed by atoms with van der Waals surface area (Å²) in [5.74, 6) is 0.574. The number of fused-ring (bicyclic) bond motifs is 1. The Labute approximate surface area is 171 Å². The molecule has 1 atom stereocenters. The third-order valence-corrected chi connectivity index (χ3v) is 5.18. The van der Waals surface area contributed by atoms with Crippen LogP contribution in [-0.2, 0) is 11.2 Å². The number of methoxy groups -OCH3 is 1. The molecular weight excluding hydrogens is 372 g/mol. The molecule has 0 heterocycles. The van der Waals surface area contributed by atoms with E-state index in [0.717, 1.165) is 36.3 Å². The zero-order valence-electron chi connectivity index (χ0n) is 16.5. The van der Waals surface area contributed by atoms with E-state index in [0.29, 0.717) is 17.3 Å². The molecule has 0 bridgehead atoms. The number of thiocarbonyl (C=S) groups is 1. The van der Waals surface area contributed by atoms with E-state index < -0.39 is 0 Å². The molecule has 1 unspecified atom stereocenters. The van der Waals surface area contributed by atoms with Crippen LogP contribution < -0.4 is 15.4 Å². The van der Waals surface area contributed by atoms with Crippen molar-refractivity contribution in [2.75, 3.05) is 19.0 Å². The van der Waals surface area contributed by atoms with E-state index in [4.69, 9.17) is 21.7 Å². The third kappa shape index (κ3) is 4.62. The van der Waals surface area contributed by atoms with Crippen LogP contribution in [0.1, 0.15) is 52.9 Å². The molecule has 0 saturated heterocycles. The van der Waals surface area contributed by atoms with E-state index in [9.17, 15) is 4.79 Å². The summed E-state index contributed by atoms with van der Waals surface area (Å²) in [6, 6.07) is 11.8. The minimum absolute atomic E-state index is 0.175. The largest absolute Gasteiger partial charge is 0.497 e. The SMILES string of the molecule is CCOC(=O)c1ccc(NC(=S)NC2CCCc3cc(OC)ccc32)c(C)c1. The van der Waals surface area contributed by atoms with Crippen LogP contribution in [0.5, 0.6) is 5.75 Å². The van der Waals surface area contributed by atoms with Gasteiger partial charge in [-0.1, -0.05) is 6.07 Å². The molecule has 6 heteroatoms. The zero-order valence-corrected chi connectivity index (χ0v) is 17.3. The summed E-state index contributed by atoms with van der Waals surface area (Å²) < 4.78 is 10.4. The van der Waals surface area contributed by atoms with Gasteiger partial charge in [-0.15, -0.1) is 0 Å². The molecule has 1 aliphatic rings. The van der Waals surface area contributed by atoms with Crippen molar-refractivity contribution in [3.63, 3.8) is 0 Å². The average molecular weight is 399 g/mol. The van der Waals surface area contributed by atoms with E-state index in [1.807, 2.05) is 25.1 Å². The molecule has 5 nitrogen and oxygen atoms in total. The highest BCUT2D eigenvalue weighted by Gasteiger charge is 2.21. The van der Waals surface area contributed by atoms with Crippen molar-refractivity contribution >= 4 is 29.0 Å². The number of carbonyl (C=O) groups excluding carboxylic acids is 1. The number of benzene rings is 2. The van der Waals surface area contributed by atoms with Gasteiger partial charge in [0.1, 0.15) is 5.75 Å². The second kappa shape index (κ2) is 9.06. The number of esters is 1. The molecule has 2 N–H and O–H groups in total. The van der Waals surface area contributed by atoms with E-state index in [1.165, 1.54) is 11.1 Å². The van der Waals surface area contributed by atoms with Gasteiger partial charge < -0.3 is 20.1 Å². The van der Waals surface area contributed by atoms with Gasteiger partial charge in [-0.25, -0.2) is 4.79 Å². The predicted molar refractivity (Wildman–Crippen MR) is 115 cm³/mol. The summed E-state index contributed by atoms with van der Waals surface area (Å²) in [5.41, 5.74) is 4.92. The van der Waals surface area contributed by atoms with Crippen LogP contribution in [0.4, 0.5) is 5.69 Å². The molecular formula is C22H26N2O3S. The monoisotopic (exact) mass is 398 g/mol. The maximum atomic E-state index is 11.9. The first-order valence-corrected chi connectivity index (χ1v) is 9.94. The van der Waals surface area contributed by atoms with E-state index in [-0.39, 0.29) is 12.0 Å². The maximum absolute atomic E-state index is 11.9. The van der Waals surface area contributed by atoms with Crippen LogP contribution in [0.3, 0.4) is 0 Å². The molecule has 2 aromatic carbocycles. The maximum Gasteiger partial charge on any atom is 0.338 e. The fourth-order valence-corrected chi connectivity index (χ4v) is 3.78. The molecule has 0 aromatic heterocycles. The lowest BCUT2D eigenvalue weighted by Crippen LogP contribution is -2.34.